The fourth-order valence-electron chi connectivity index (χ4n) is 4.03. The largest absolute Gasteiger partial charge is 0.490 e. The fourth-order valence-corrected chi connectivity index (χ4v) is 5.05. The molecule has 1 amide bonds. The van der Waals surface area contributed by atoms with Gasteiger partial charge in [-0.05, 0) is 49.2 Å². The van der Waals surface area contributed by atoms with Crippen molar-refractivity contribution in [3.8, 4) is 10.9 Å². The zero-order valence-corrected chi connectivity index (χ0v) is 18.2. The number of aryl methyl sites for hydroxylation is 2. The molecule has 5 rings (SSSR count). The molecule has 0 saturated heterocycles. The van der Waals surface area contributed by atoms with Crippen LogP contribution in [-0.2, 0) is 4.79 Å². The van der Waals surface area contributed by atoms with E-state index < -0.39 is 0 Å². The predicted octanol–water partition coefficient (Wildman–Crippen LogP) is 5.14. The van der Waals surface area contributed by atoms with Gasteiger partial charge in [0.05, 0.1) is 15.9 Å². The Morgan fingerprint density at radius 3 is 2.84 bits per heavy atom. The molecule has 0 radical (unpaired) electrons. The summed E-state index contributed by atoms with van der Waals surface area (Å²) < 4.78 is 8.47. The second-order valence-corrected chi connectivity index (χ2v) is 8.71. The Morgan fingerprint density at radius 1 is 1.26 bits per heavy atom. The number of aromatic nitrogens is 3. The maximum Gasteiger partial charge on any atom is 0.226 e. The van der Waals surface area contributed by atoms with Crippen molar-refractivity contribution in [2.24, 2.45) is 0 Å². The number of carbonyl (C=O) groups excluding carboxylic acids is 1. The minimum absolute atomic E-state index is 0.0254. The van der Waals surface area contributed by atoms with Gasteiger partial charge in [0.25, 0.3) is 0 Å². The molecule has 1 aliphatic rings. The Labute approximate surface area is 184 Å². The molecule has 6 nitrogen and oxygen atoms in total. The van der Waals surface area contributed by atoms with E-state index in [2.05, 4.69) is 31.0 Å². The summed E-state index contributed by atoms with van der Waals surface area (Å²) in [5.41, 5.74) is 5.11. The molecule has 0 aliphatic carbocycles. The number of hydrogen-bond donors (Lipinski definition) is 1. The van der Waals surface area contributed by atoms with Crippen LogP contribution in [0.5, 0.6) is 5.75 Å². The highest BCUT2D eigenvalue weighted by Gasteiger charge is 2.33. The van der Waals surface area contributed by atoms with Crippen LogP contribution < -0.4 is 10.1 Å². The van der Waals surface area contributed by atoms with Crippen LogP contribution in [-0.4, -0.2) is 27.3 Å². The summed E-state index contributed by atoms with van der Waals surface area (Å²) in [6.45, 7) is 8.19. The lowest BCUT2D eigenvalue weighted by atomic mass is 9.86. The van der Waals surface area contributed by atoms with Crippen molar-refractivity contribution in [3.63, 3.8) is 0 Å². The van der Waals surface area contributed by atoms with Crippen LogP contribution in [0.3, 0.4) is 0 Å². The van der Waals surface area contributed by atoms with E-state index in [-0.39, 0.29) is 11.8 Å². The topological polar surface area (TPSA) is 69.0 Å². The lowest BCUT2D eigenvalue weighted by Gasteiger charge is -2.24. The molecule has 0 spiro atoms. The van der Waals surface area contributed by atoms with Crippen molar-refractivity contribution in [2.75, 3.05) is 11.9 Å². The summed E-state index contributed by atoms with van der Waals surface area (Å²) in [7, 11) is 0. The maximum atomic E-state index is 12.6. The molecule has 2 aromatic carbocycles. The summed E-state index contributed by atoms with van der Waals surface area (Å²) in [4.78, 5) is 17.4. The molecule has 0 fully saturated rings. The summed E-state index contributed by atoms with van der Waals surface area (Å²) in [5.74, 6) is 1.40. The summed E-state index contributed by atoms with van der Waals surface area (Å²) >= 11 is 1.57. The van der Waals surface area contributed by atoms with Crippen molar-refractivity contribution in [2.45, 2.75) is 26.2 Å². The van der Waals surface area contributed by atoms with Gasteiger partial charge >= 0.3 is 0 Å². The Hall–Kier alpha value is -3.45. The standard InChI is InChI=1S/C24H22N4O2S/c1-4-11-30-17-8-6-16(7-9-17)18-13-21(29)26-23-22(18)15(3)27-28(23)24-25-19-10-5-14(2)12-20(19)31-24/h4-10,12,18H,1,11,13H2,2-3H3,(H,26,29). The van der Waals surface area contributed by atoms with Crippen LogP contribution in [0.4, 0.5) is 5.82 Å². The molecular weight excluding hydrogens is 408 g/mol. The van der Waals surface area contributed by atoms with Crippen molar-refractivity contribution in [3.05, 3.63) is 77.5 Å². The van der Waals surface area contributed by atoms with Gasteiger partial charge in [0.15, 0.2) is 0 Å². The van der Waals surface area contributed by atoms with E-state index in [0.29, 0.717) is 18.8 Å². The van der Waals surface area contributed by atoms with Crippen molar-refractivity contribution in [1.82, 2.24) is 14.8 Å². The van der Waals surface area contributed by atoms with Gasteiger partial charge in [-0.1, -0.05) is 42.2 Å². The van der Waals surface area contributed by atoms with Gasteiger partial charge in [-0.25, -0.2) is 4.98 Å². The Kier molecular flexibility index (Phi) is 4.82. The van der Waals surface area contributed by atoms with E-state index in [9.17, 15) is 4.79 Å². The monoisotopic (exact) mass is 430 g/mol. The highest BCUT2D eigenvalue weighted by molar-refractivity contribution is 7.20. The summed E-state index contributed by atoms with van der Waals surface area (Å²) in [5, 5.41) is 8.55. The van der Waals surface area contributed by atoms with Crippen LogP contribution in [0.1, 0.15) is 34.7 Å². The Bertz CT molecular complexity index is 1300. The molecular formula is C24H22N4O2S. The van der Waals surface area contributed by atoms with E-state index in [4.69, 9.17) is 14.8 Å². The van der Waals surface area contributed by atoms with Crippen molar-refractivity contribution < 1.29 is 9.53 Å². The lowest BCUT2D eigenvalue weighted by Crippen LogP contribution is -2.24. The first kappa shape index (κ1) is 19.5. The van der Waals surface area contributed by atoms with E-state index in [1.807, 2.05) is 37.3 Å². The van der Waals surface area contributed by atoms with Gasteiger partial charge in [-0.15, -0.1) is 0 Å². The third kappa shape index (κ3) is 3.51. The second-order valence-electron chi connectivity index (χ2n) is 7.70. The van der Waals surface area contributed by atoms with Crippen LogP contribution in [0.2, 0.25) is 0 Å². The van der Waals surface area contributed by atoms with Crippen molar-refractivity contribution in [1.29, 1.82) is 0 Å². The number of benzene rings is 2. The van der Waals surface area contributed by atoms with E-state index in [0.717, 1.165) is 37.9 Å². The smallest absolute Gasteiger partial charge is 0.226 e. The van der Waals surface area contributed by atoms with Gasteiger partial charge < -0.3 is 10.1 Å². The second kappa shape index (κ2) is 7.67. The van der Waals surface area contributed by atoms with Gasteiger partial charge in [0, 0.05) is 17.9 Å². The van der Waals surface area contributed by atoms with Crippen molar-refractivity contribution >= 4 is 33.3 Å². The Balaban J connectivity index is 1.56. The van der Waals surface area contributed by atoms with Gasteiger partial charge in [0.2, 0.25) is 11.0 Å². The molecule has 7 heteroatoms. The molecule has 0 bridgehead atoms. The average molecular weight is 431 g/mol. The van der Waals surface area contributed by atoms with E-state index in [1.54, 1.807) is 22.1 Å². The molecule has 4 aromatic rings. The zero-order valence-electron chi connectivity index (χ0n) is 17.4. The number of rotatable bonds is 5. The quantitative estimate of drug-likeness (QED) is 0.445. The van der Waals surface area contributed by atoms with Crippen LogP contribution >= 0.6 is 11.3 Å². The highest BCUT2D eigenvalue weighted by Crippen LogP contribution is 2.41. The molecule has 3 heterocycles. The number of thiazole rings is 1. The van der Waals surface area contributed by atoms with Crippen LogP contribution in [0.15, 0.2) is 55.1 Å². The van der Waals surface area contributed by atoms with Gasteiger partial charge in [0.1, 0.15) is 18.2 Å². The minimum atomic E-state index is -0.0671. The highest BCUT2D eigenvalue weighted by atomic mass is 32.1. The third-order valence-electron chi connectivity index (χ3n) is 5.47. The minimum Gasteiger partial charge on any atom is -0.490 e. The van der Waals surface area contributed by atoms with Crippen LogP contribution in [0, 0.1) is 13.8 Å². The molecule has 31 heavy (non-hydrogen) atoms. The number of nitrogens with one attached hydrogen (secondary N) is 1. The Morgan fingerprint density at radius 2 is 2.06 bits per heavy atom. The predicted molar refractivity (Wildman–Crippen MR) is 123 cm³/mol. The van der Waals surface area contributed by atoms with E-state index in [1.165, 1.54) is 5.56 Å². The number of carbonyl (C=O) groups is 1. The molecule has 1 N–H and O–H groups in total. The molecule has 1 unspecified atom stereocenters. The molecule has 156 valence electrons. The normalized spacial score (nSPS) is 15.5. The summed E-state index contributed by atoms with van der Waals surface area (Å²) in [6.07, 6.45) is 2.10. The zero-order chi connectivity index (χ0) is 21.5. The van der Waals surface area contributed by atoms with E-state index >= 15 is 0 Å². The fraction of sp³-hybridized carbons (Fsp3) is 0.208. The number of ether oxygens (including phenoxy) is 1. The first-order valence-electron chi connectivity index (χ1n) is 10.1. The van der Waals surface area contributed by atoms with Gasteiger partial charge in [-0.2, -0.15) is 9.78 Å². The number of fused-ring (bicyclic) bond motifs is 2. The maximum absolute atomic E-state index is 12.6. The SMILES string of the molecule is C=CCOc1ccc(C2CC(=O)Nc3c2c(C)nn3-c2nc3ccc(C)cc3s2)cc1. The molecule has 0 saturated carbocycles. The molecule has 1 aliphatic heterocycles. The number of hydrogen-bond acceptors (Lipinski definition) is 5. The van der Waals surface area contributed by atoms with Gasteiger partial charge in [-0.3, -0.25) is 4.79 Å². The lowest BCUT2D eigenvalue weighted by molar-refractivity contribution is -0.116. The first-order chi connectivity index (χ1) is 15.0. The number of nitrogens with zero attached hydrogens (tertiary/aromatic N) is 3. The molecule has 1 atom stereocenters. The molecule has 2 aromatic heterocycles. The third-order valence-corrected chi connectivity index (χ3v) is 6.46. The number of amides is 1. The first-order valence-corrected chi connectivity index (χ1v) is 11.0. The van der Waals surface area contributed by atoms with Crippen LogP contribution in [0.25, 0.3) is 15.3 Å². The summed E-state index contributed by atoms with van der Waals surface area (Å²) in [6, 6.07) is 14.1. The average Bonchev–Trinajstić information content (AvgIpc) is 3.32. The number of anilines is 1.